The molecule has 1 aromatic carbocycles. The molecule has 0 amide bonds. The van der Waals surface area contributed by atoms with Crippen molar-refractivity contribution < 1.29 is 10.2 Å². The fourth-order valence-electron chi connectivity index (χ4n) is 2.91. The molecule has 0 radical (unpaired) electrons. The molecule has 0 saturated heterocycles. The number of aromatic nitrogens is 1. The molecule has 140 valence electrons. The molecule has 1 aliphatic rings. The van der Waals surface area contributed by atoms with Crippen LogP contribution >= 0.6 is 11.8 Å². The Labute approximate surface area is 159 Å². The van der Waals surface area contributed by atoms with Crippen LogP contribution < -0.4 is 16.0 Å². The van der Waals surface area contributed by atoms with Crippen molar-refractivity contribution in [1.29, 1.82) is 0 Å². The third-order valence-electron chi connectivity index (χ3n) is 4.41. The van der Waals surface area contributed by atoms with Gasteiger partial charge in [0, 0.05) is 22.6 Å². The Kier molecular flexibility index (Phi) is 7.66. The van der Waals surface area contributed by atoms with E-state index in [1.165, 1.54) is 23.3 Å². The largest absolute Gasteiger partial charge is 0.481 e. The molecule has 0 atom stereocenters. The van der Waals surface area contributed by atoms with Crippen LogP contribution in [-0.2, 0) is 0 Å². The van der Waals surface area contributed by atoms with Gasteiger partial charge in [-0.25, -0.2) is 4.98 Å². The van der Waals surface area contributed by atoms with Gasteiger partial charge in [-0.3, -0.25) is 11.3 Å². The zero-order chi connectivity index (χ0) is 17.6. The molecular formula is C20H27N3O2S. The van der Waals surface area contributed by atoms with Gasteiger partial charge >= 0.3 is 0 Å². The Hall–Kier alpha value is -1.86. The van der Waals surface area contributed by atoms with E-state index in [9.17, 15) is 0 Å². The second-order valence-corrected chi connectivity index (χ2v) is 7.04. The summed E-state index contributed by atoms with van der Waals surface area (Å²) in [6, 6.07) is 12.9. The summed E-state index contributed by atoms with van der Waals surface area (Å²) in [5, 5.41) is 0. The average molecular weight is 374 g/mol. The normalized spacial score (nSPS) is 14.0. The molecule has 3 rings (SSSR count). The smallest absolute Gasteiger partial charge is 0.217 e. The predicted octanol–water partition coefficient (Wildman–Crippen LogP) is 3.15. The summed E-state index contributed by atoms with van der Waals surface area (Å²) in [6.45, 7) is 0.726. The van der Waals surface area contributed by atoms with Gasteiger partial charge in [0.1, 0.15) is 0 Å². The van der Waals surface area contributed by atoms with E-state index in [4.69, 9.17) is 15.6 Å². The molecule has 6 heteroatoms. The second-order valence-electron chi connectivity index (χ2n) is 6.16. The van der Waals surface area contributed by atoms with Gasteiger partial charge in [0.15, 0.2) is 0 Å². The maximum absolute atomic E-state index is 5.56. The second kappa shape index (κ2) is 9.73. The molecule has 0 spiro atoms. The lowest BCUT2D eigenvalue weighted by Crippen LogP contribution is -2.22. The van der Waals surface area contributed by atoms with Gasteiger partial charge in [-0.1, -0.05) is 24.3 Å². The number of pyridine rings is 1. The Bertz CT molecular complexity index is 743. The van der Waals surface area contributed by atoms with Gasteiger partial charge < -0.3 is 10.2 Å². The van der Waals surface area contributed by atoms with Crippen LogP contribution in [0, 0.1) is 0 Å². The standard InChI is InChI=1S/C20H25N3OS.H2O/c1-24-20-18(15-5-6-15)11-12-19(23-20)17(4-3-13-22-21)14-7-9-16(25-2)10-8-14;/h4,7-12,15,22H,3,5-6,13,21H2,1-2H3;1H2/b17-4+;. The third-order valence-corrected chi connectivity index (χ3v) is 5.16. The van der Waals surface area contributed by atoms with Crippen LogP contribution in [0.5, 0.6) is 5.88 Å². The number of hydrogen-bond acceptors (Lipinski definition) is 5. The van der Waals surface area contributed by atoms with Crippen LogP contribution in [0.1, 0.15) is 42.0 Å². The van der Waals surface area contributed by atoms with Gasteiger partial charge in [0.2, 0.25) is 5.88 Å². The van der Waals surface area contributed by atoms with Crippen LogP contribution in [0.4, 0.5) is 0 Å². The van der Waals surface area contributed by atoms with Crippen molar-refractivity contribution in [2.75, 3.05) is 19.9 Å². The number of methoxy groups -OCH3 is 1. The number of ether oxygens (including phenoxy) is 1. The van der Waals surface area contributed by atoms with Crippen molar-refractivity contribution in [1.82, 2.24) is 10.4 Å². The average Bonchev–Trinajstić information content (AvgIpc) is 3.50. The first-order valence-corrected chi connectivity index (χ1v) is 9.82. The molecular weight excluding hydrogens is 346 g/mol. The zero-order valence-electron chi connectivity index (χ0n) is 15.3. The number of thioether (sulfide) groups is 1. The van der Waals surface area contributed by atoms with E-state index >= 15 is 0 Å². The van der Waals surface area contributed by atoms with Crippen molar-refractivity contribution in [3.8, 4) is 5.88 Å². The van der Waals surface area contributed by atoms with Gasteiger partial charge in [-0.05, 0) is 55.2 Å². The van der Waals surface area contributed by atoms with Gasteiger partial charge in [-0.2, -0.15) is 0 Å². The highest BCUT2D eigenvalue weighted by atomic mass is 32.2. The first-order chi connectivity index (χ1) is 12.3. The quantitative estimate of drug-likeness (QED) is 0.321. The van der Waals surface area contributed by atoms with Crippen LogP contribution in [0.15, 0.2) is 47.4 Å². The molecule has 1 fully saturated rings. The van der Waals surface area contributed by atoms with E-state index in [1.807, 2.05) is 0 Å². The van der Waals surface area contributed by atoms with Gasteiger partial charge in [0.05, 0.1) is 12.8 Å². The highest BCUT2D eigenvalue weighted by molar-refractivity contribution is 7.98. The van der Waals surface area contributed by atoms with Crippen molar-refractivity contribution >= 4 is 17.3 Å². The molecule has 0 bridgehead atoms. The molecule has 0 aliphatic heterocycles. The van der Waals surface area contributed by atoms with E-state index in [1.54, 1.807) is 18.9 Å². The van der Waals surface area contributed by atoms with Crippen LogP contribution in [0.2, 0.25) is 0 Å². The summed E-state index contributed by atoms with van der Waals surface area (Å²) in [4.78, 5) is 6.05. The number of hydrazine groups is 1. The minimum Gasteiger partial charge on any atom is -0.481 e. The first-order valence-electron chi connectivity index (χ1n) is 8.60. The number of nitrogens with zero attached hydrogens (tertiary/aromatic N) is 1. The topological polar surface area (TPSA) is 91.7 Å². The summed E-state index contributed by atoms with van der Waals surface area (Å²) < 4.78 is 5.56. The van der Waals surface area contributed by atoms with E-state index in [0.29, 0.717) is 5.92 Å². The summed E-state index contributed by atoms with van der Waals surface area (Å²) in [5.41, 5.74) is 7.15. The molecule has 0 unspecified atom stereocenters. The highest BCUT2D eigenvalue weighted by Gasteiger charge is 2.27. The third kappa shape index (κ3) is 4.86. The Morgan fingerprint density at radius 3 is 2.58 bits per heavy atom. The van der Waals surface area contributed by atoms with Gasteiger partial charge in [-0.15, -0.1) is 11.8 Å². The molecule has 1 aromatic heterocycles. The number of nitrogens with one attached hydrogen (secondary N) is 1. The lowest BCUT2D eigenvalue weighted by molar-refractivity contribution is 0.392. The fourth-order valence-corrected chi connectivity index (χ4v) is 3.32. The Morgan fingerprint density at radius 2 is 2.00 bits per heavy atom. The predicted molar refractivity (Wildman–Crippen MR) is 108 cm³/mol. The number of nitrogens with two attached hydrogens (primary N) is 1. The SMILES string of the molecule is COc1nc(/C(=C/CCNN)c2ccc(SC)cc2)ccc1C1CC1.O. The molecule has 1 heterocycles. The van der Waals surface area contributed by atoms with Gasteiger partial charge in [0.25, 0.3) is 0 Å². The summed E-state index contributed by atoms with van der Waals surface area (Å²) >= 11 is 1.74. The van der Waals surface area contributed by atoms with Crippen molar-refractivity contribution in [2.45, 2.75) is 30.1 Å². The van der Waals surface area contributed by atoms with E-state index in [0.717, 1.165) is 35.7 Å². The number of benzene rings is 1. The Morgan fingerprint density at radius 1 is 1.27 bits per heavy atom. The summed E-state index contributed by atoms with van der Waals surface area (Å²) in [6.07, 6.45) is 7.58. The Balaban J connectivity index is 0.00000243. The zero-order valence-corrected chi connectivity index (χ0v) is 16.1. The fraction of sp³-hybridized carbons (Fsp3) is 0.350. The highest BCUT2D eigenvalue weighted by Crippen LogP contribution is 2.44. The molecule has 26 heavy (non-hydrogen) atoms. The van der Waals surface area contributed by atoms with Crippen LogP contribution in [0.3, 0.4) is 0 Å². The molecule has 5 nitrogen and oxygen atoms in total. The van der Waals surface area contributed by atoms with E-state index in [-0.39, 0.29) is 5.48 Å². The van der Waals surface area contributed by atoms with Crippen molar-refractivity contribution in [3.05, 3.63) is 59.3 Å². The summed E-state index contributed by atoms with van der Waals surface area (Å²) in [7, 11) is 1.70. The van der Waals surface area contributed by atoms with E-state index in [2.05, 4.69) is 54.2 Å². The monoisotopic (exact) mass is 373 g/mol. The molecule has 2 aromatic rings. The van der Waals surface area contributed by atoms with E-state index < -0.39 is 0 Å². The minimum absolute atomic E-state index is 0. The first kappa shape index (κ1) is 20.5. The minimum atomic E-state index is 0. The lowest BCUT2D eigenvalue weighted by atomic mass is 10.00. The van der Waals surface area contributed by atoms with Crippen molar-refractivity contribution in [2.24, 2.45) is 5.84 Å². The maximum atomic E-state index is 5.56. The maximum Gasteiger partial charge on any atom is 0.217 e. The van der Waals surface area contributed by atoms with Crippen molar-refractivity contribution in [3.63, 3.8) is 0 Å². The molecule has 1 aliphatic carbocycles. The van der Waals surface area contributed by atoms with Crippen LogP contribution in [0.25, 0.3) is 5.57 Å². The number of rotatable bonds is 8. The molecule has 1 saturated carbocycles. The number of hydrogen-bond donors (Lipinski definition) is 2. The summed E-state index contributed by atoms with van der Waals surface area (Å²) in [5.74, 6) is 6.79. The van der Waals surface area contributed by atoms with Crippen LogP contribution in [-0.4, -0.2) is 30.4 Å². The molecule has 5 N–H and O–H groups in total. The lowest BCUT2D eigenvalue weighted by Gasteiger charge is -2.13.